The summed E-state index contributed by atoms with van der Waals surface area (Å²) < 4.78 is 9.40. The zero-order valence-corrected chi connectivity index (χ0v) is 37.1. The summed E-state index contributed by atoms with van der Waals surface area (Å²) >= 11 is 13.6. The molecule has 6 aromatic heterocycles. The van der Waals surface area contributed by atoms with Crippen molar-refractivity contribution < 1.29 is 14.3 Å². The smallest absolute Gasteiger partial charge is 0.251 e. The molecular weight excluding hydrogens is 870 g/mol. The Kier molecular flexibility index (Phi) is 10.6. The number of nitrogens with two attached hydrogens (primary N) is 2. The van der Waals surface area contributed by atoms with Gasteiger partial charge in [-0.05, 0) is 95.8 Å². The van der Waals surface area contributed by atoms with E-state index in [-0.39, 0.29) is 23.9 Å². The summed E-state index contributed by atoms with van der Waals surface area (Å²) in [6, 6.07) is 12.0. The number of nitrogens with zero attached hydrogens (tertiary/aromatic N) is 9. The number of aromatic nitrogens is 10. The highest BCUT2D eigenvalue weighted by molar-refractivity contribution is 6.39. The number of anilines is 2. The number of nitrogen functional groups attached to an aromatic ring is 2. The van der Waals surface area contributed by atoms with E-state index < -0.39 is 0 Å². The van der Waals surface area contributed by atoms with Crippen molar-refractivity contribution in [3.63, 3.8) is 0 Å². The largest absolute Gasteiger partial charge is 0.383 e. The van der Waals surface area contributed by atoms with Gasteiger partial charge in [0.15, 0.2) is 11.3 Å². The molecule has 0 unspecified atom stereocenters. The van der Waals surface area contributed by atoms with Gasteiger partial charge in [-0.2, -0.15) is 10.2 Å². The first-order valence-corrected chi connectivity index (χ1v) is 22.8. The predicted molar refractivity (Wildman–Crippen MR) is 250 cm³/mol. The van der Waals surface area contributed by atoms with E-state index in [0.717, 1.165) is 86.3 Å². The maximum atomic E-state index is 12.5. The lowest BCUT2D eigenvalue weighted by atomic mass is 10.1. The molecule has 0 spiro atoms. The van der Waals surface area contributed by atoms with Crippen LogP contribution < -0.4 is 22.1 Å². The van der Waals surface area contributed by atoms with E-state index >= 15 is 0 Å². The van der Waals surface area contributed by atoms with Gasteiger partial charge in [0.25, 0.3) is 11.8 Å². The monoisotopic (exact) mass is 915 g/mol. The molecule has 2 saturated heterocycles. The number of benzene rings is 2. The molecule has 65 heavy (non-hydrogen) atoms. The molecule has 18 nitrogen and oxygen atoms in total. The van der Waals surface area contributed by atoms with E-state index in [1.807, 2.05) is 33.6 Å². The molecule has 8 N–H and O–H groups in total. The lowest BCUT2D eigenvalue weighted by molar-refractivity contribution is 0.0674. The number of rotatable bonds is 8. The van der Waals surface area contributed by atoms with Gasteiger partial charge in [0, 0.05) is 58.2 Å². The summed E-state index contributed by atoms with van der Waals surface area (Å²) in [5.74, 6) is 0.575. The molecule has 2 aromatic carbocycles. The molecule has 20 heteroatoms. The number of carbonyl (C=O) groups excluding carboxylic acids is 2. The number of nitrogens with one attached hydrogen (secondary N) is 4. The van der Waals surface area contributed by atoms with Gasteiger partial charge in [-0.25, -0.2) is 29.3 Å². The number of H-pyrrole nitrogens is 2. The Labute approximate surface area is 381 Å². The highest BCUT2D eigenvalue weighted by atomic mass is 35.5. The van der Waals surface area contributed by atoms with Crippen LogP contribution in [0.3, 0.4) is 0 Å². The highest BCUT2D eigenvalue weighted by Gasteiger charge is 2.30. The quantitative estimate of drug-likeness (QED) is 0.0920. The zero-order valence-electron chi connectivity index (χ0n) is 35.6. The molecule has 0 bridgehead atoms. The van der Waals surface area contributed by atoms with Crippen molar-refractivity contribution in [2.24, 2.45) is 0 Å². The zero-order chi connectivity index (χ0) is 44.5. The molecular formula is C45H47Cl2N15O3. The highest BCUT2D eigenvalue weighted by Crippen LogP contribution is 2.42. The normalized spacial score (nSPS) is 17.5. The van der Waals surface area contributed by atoms with Crippen molar-refractivity contribution >= 4 is 90.5 Å². The van der Waals surface area contributed by atoms with Crippen LogP contribution >= 0.6 is 23.2 Å². The molecule has 0 atom stereocenters. The summed E-state index contributed by atoms with van der Waals surface area (Å²) in [7, 11) is 2.13. The number of fused-ring (bicyclic) bond motifs is 4. The third-order valence-electron chi connectivity index (χ3n) is 12.9. The van der Waals surface area contributed by atoms with E-state index in [1.165, 1.54) is 12.7 Å². The number of ether oxygens (including phenoxy) is 1. The minimum atomic E-state index is -0.0754. The van der Waals surface area contributed by atoms with Crippen LogP contribution in [0.2, 0.25) is 10.0 Å². The van der Waals surface area contributed by atoms with Gasteiger partial charge in [0.1, 0.15) is 35.7 Å². The Balaban J connectivity index is 0.000000144. The average Bonchev–Trinajstić information content (AvgIpc) is 4.18. The van der Waals surface area contributed by atoms with Crippen LogP contribution in [0.25, 0.3) is 66.6 Å². The SMILES string of the molecule is CN1CCC(n2nc(-c3[nH]c4cc(C(=O)NC5CC5)ccc4c3Cl)c3c(N)ncnc32)CC1.Nc1ncnc2c1c(-c1[nH]c3cc(C(=O)NC4CC4)ccc3c1Cl)nn2C1CCOCC1. The van der Waals surface area contributed by atoms with Crippen molar-refractivity contribution in [1.82, 2.24) is 65.0 Å². The number of amides is 2. The van der Waals surface area contributed by atoms with Crippen LogP contribution in [0.4, 0.5) is 11.6 Å². The van der Waals surface area contributed by atoms with Gasteiger partial charge in [-0.1, -0.05) is 35.3 Å². The summed E-state index contributed by atoms with van der Waals surface area (Å²) in [6.07, 6.45) is 10.8. The maximum absolute atomic E-state index is 12.5. The molecule has 8 aromatic rings. The first-order valence-electron chi connectivity index (χ1n) is 22.1. The summed E-state index contributed by atoms with van der Waals surface area (Å²) in [5, 5.41) is 19.9. The second-order valence-corrected chi connectivity index (χ2v) is 18.3. The number of piperidine rings is 1. The topological polar surface area (TPSA) is 241 Å². The molecule has 2 aliphatic heterocycles. The summed E-state index contributed by atoms with van der Waals surface area (Å²) in [5.41, 5.74) is 19.2. The molecule has 4 fully saturated rings. The van der Waals surface area contributed by atoms with Gasteiger partial charge < -0.3 is 41.7 Å². The van der Waals surface area contributed by atoms with E-state index in [4.69, 9.17) is 49.6 Å². The molecule has 334 valence electrons. The predicted octanol–water partition coefficient (Wildman–Crippen LogP) is 6.82. The van der Waals surface area contributed by atoms with Crippen molar-refractivity contribution in [3.05, 3.63) is 70.2 Å². The summed E-state index contributed by atoms with van der Waals surface area (Å²) in [6.45, 7) is 3.36. The Hall–Kier alpha value is -6.34. The molecule has 2 aliphatic carbocycles. The van der Waals surface area contributed by atoms with Gasteiger partial charge in [0.05, 0.1) is 44.3 Å². The number of hydrogen-bond donors (Lipinski definition) is 6. The van der Waals surface area contributed by atoms with Crippen LogP contribution in [0.5, 0.6) is 0 Å². The molecule has 12 rings (SSSR count). The number of hydrogen-bond acceptors (Lipinski definition) is 12. The molecule has 8 heterocycles. The minimum Gasteiger partial charge on any atom is -0.383 e. The first kappa shape index (κ1) is 41.4. The third kappa shape index (κ3) is 7.77. The standard InChI is InChI=1S/C23H25ClN8O.C22H22ClN7O2/c1-31-8-6-14(7-9-31)32-22-17(21(25)26-11-27-22)19(30-32)20-18(24)15-5-2-12(10-16(15)29-20)23(33)28-13-3-4-13;23-17-14-4-1-11(22(31)27-12-2-3-12)9-15(14)28-19(17)18-16-20(24)25-10-26-21(16)30(29-18)13-5-7-32-8-6-13/h2,5,10-11,13-14,29H,3-4,6-9H2,1H3,(H,28,33)(H2,25,26,27);1,4,9-10,12-13,28H,2-3,5-8H2,(H,27,31)(H2,24,25,26). The molecule has 4 aliphatic rings. The van der Waals surface area contributed by atoms with Gasteiger partial charge in [0.2, 0.25) is 0 Å². The lowest BCUT2D eigenvalue weighted by Crippen LogP contribution is -2.31. The van der Waals surface area contributed by atoms with E-state index in [9.17, 15) is 9.59 Å². The van der Waals surface area contributed by atoms with Gasteiger partial charge in [-0.3, -0.25) is 9.59 Å². The Morgan fingerprint density at radius 1 is 0.662 bits per heavy atom. The fraction of sp³-hybridized carbons (Fsp3) is 0.378. The second-order valence-electron chi connectivity index (χ2n) is 17.5. The summed E-state index contributed by atoms with van der Waals surface area (Å²) in [4.78, 5) is 51.4. The van der Waals surface area contributed by atoms with Gasteiger partial charge >= 0.3 is 0 Å². The Morgan fingerprint density at radius 3 is 1.55 bits per heavy atom. The Bertz CT molecular complexity index is 3150. The fourth-order valence-corrected chi connectivity index (χ4v) is 9.55. The van der Waals surface area contributed by atoms with Crippen LogP contribution in [-0.2, 0) is 4.74 Å². The maximum Gasteiger partial charge on any atom is 0.251 e. The molecule has 2 saturated carbocycles. The average molecular weight is 917 g/mol. The van der Waals surface area contributed by atoms with E-state index in [2.05, 4.69) is 52.5 Å². The van der Waals surface area contributed by atoms with E-state index in [0.29, 0.717) is 103 Å². The number of halogens is 2. The van der Waals surface area contributed by atoms with Crippen molar-refractivity contribution in [3.8, 4) is 22.8 Å². The van der Waals surface area contributed by atoms with Crippen LogP contribution in [0.15, 0.2) is 49.1 Å². The van der Waals surface area contributed by atoms with Crippen molar-refractivity contribution in [1.29, 1.82) is 0 Å². The minimum absolute atomic E-state index is 0.0682. The van der Waals surface area contributed by atoms with Gasteiger partial charge in [-0.15, -0.1) is 0 Å². The van der Waals surface area contributed by atoms with Crippen LogP contribution in [0.1, 0.15) is 84.2 Å². The molecule has 0 radical (unpaired) electrons. The number of aromatic amines is 2. The number of carbonyl (C=O) groups is 2. The second kappa shape index (κ2) is 16.6. The Morgan fingerprint density at radius 2 is 1.11 bits per heavy atom. The van der Waals surface area contributed by atoms with Crippen molar-refractivity contribution in [2.45, 2.75) is 75.5 Å². The number of likely N-dealkylation sites (tertiary alicyclic amines) is 1. The van der Waals surface area contributed by atoms with E-state index in [1.54, 1.807) is 12.1 Å². The molecule has 2 amide bonds. The first-order chi connectivity index (χ1) is 31.6. The fourth-order valence-electron chi connectivity index (χ4n) is 8.95. The van der Waals surface area contributed by atoms with Crippen LogP contribution in [0, 0.1) is 0 Å². The van der Waals surface area contributed by atoms with Crippen LogP contribution in [-0.4, -0.2) is 112 Å². The lowest BCUT2D eigenvalue weighted by Gasteiger charge is -2.29. The third-order valence-corrected chi connectivity index (χ3v) is 13.7. The van der Waals surface area contributed by atoms with Crippen molar-refractivity contribution in [2.75, 3.05) is 44.8 Å².